The summed E-state index contributed by atoms with van der Waals surface area (Å²) in [5.41, 5.74) is 0. The standard InChI is InChI=1S/C13H23N3O2/c1-3-5-12-15-13(18-16-12)10-9-17-8-6-11(10)14-7-4-2/h10-11,14H,3-9H2,1-2H3. The zero-order valence-corrected chi connectivity index (χ0v) is 11.3. The molecule has 0 spiro atoms. The molecule has 0 amide bonds. The first kappa shape index (κ1) is 13.5. The molecule has 1 aliphatic rings. The van der Waals surface area contributed by atoms with Crippen molar-refractivity contribution in [3.63, 3.8) is 0 Å². The third-order valence-corrected chi connectivity index (χ3v) is 3.29. The van der Waals surface area contributed by atoms with Crippen molar-refractivity contribution in [3.8, 4) is 0 Å². The maximum absolute atomic E-state index is 5.55. The summed E-state index contributed by atoms with van der Waals surface area (Å²) >= 11 is 0. The molecule has 0 radical (unpaired) electrons. The van der Waals surface area contributed by atoms with Crippen molar-refractivity contribution >= 4 is 0 Å². The molecular formula is C13H23N3O2. The Kier molecular flexibility index (Phi) is 5.13. The van der Waals surface area contributed by atoms with Crippen LogP contribution < -0.4 is 5.32 Å². The maximum atomic E-state index is 5.55. The molecule has 1 N–H and O–H groups in total. The first-order valence-electron chi connectivity index (χ1n) is 6.98. The molecule has 0 bridgehead atoms. The molecule has 2 rings (SSSR count). The molecule has 0 aliphatic carbocycles. The Bertz CT molecular complexity index is 354. The lowest BCUT2D eigenvalue weighted by atomic mass is 9.95. The lowest BCUT2D eigenvalue weighted by molar-refractivity contribution is 0.0498. The van der Waals surface area contributed by atoms with Gasteiger partial charge in [-0.3, -0.25) is 0 Å². The molecule has 2 heterocycles. The predicted molar refractivity (Wildman–Crippen MR) is 68.6 cm³/mol. The van der Waals surface area contributed by atoms with Crippen molar-refractivity contribution < 1.29 is 9.26 Å². The monoisotopic (exact) mass is 253 g/mol. The number of hydrogen-bond donors (Lipinski definition) is 1. The zero-order chi connectivity index (χ0) is 12.8. The Morgan fingerprint density at radius 3 is 3.00 bits per heavy atom. The van der Waals surface area contributed by atoms with Crippen LogP contribution in [-0.4, -0.2) is 35.9 Å². The predicted octanol–water partition coefficient (Wildman–Crippen LogP) is 1.89. The number of ether oxygens (including phenoxy) is 1. The fourth-order valence-corrected chi connectivity index (χ4v) is 2.30. The highest BCUT2D eigenvalue weighted by molar-refractivity contribution is 5.01. The highest BCUT2D eigenvalue weighted by Gasteiger charge is 2.31. The smallest absolute Gasteiger partial charge is 0.233 e. The van der Waals surface area contributed by atoms with Crippen LogP contribution in [0.5, 0.6) is 0 Å². The van der Waals surface area contributed by atoms with Crippen molar-refractivity contribution in [1.29, 1.82) is 0 Å². The Hall–Kier alpha value is -0.940. The fourth-order valence-electron chi connectivity index (χ4n) is 2.30. The summed E-state index contributed by atoms with van der Waals surface area (Å²) in [5, 5.41) is 7.58. The largest absolute Gasteiger partial charge is 0.381 e. The molecular weight excluding hydrogens is 230 g/mol. The van der Waals surface area contributed by atoms with E-state index >= 15 is 0 Å². The molecule has 1 aromatic heterocycles. The Labute approximate surface area is 108 Å². The third kappa shape index (κ3) is 3.29. The topological polar surface area (TPSA) is 60.2 Å². The first-order chi connectivity index (χ1) is 8.85. The molecule has 2 unspecified atom stereocenters. The van der Waals surface area contributed by atoms with E-state index in [9.17, 15) is 0 Å². The number of aromatic nitrogens is 2. The van der Waals surface area contributed by atoms with Crippen molar-refractivity contribution in [2.75, 3.05) is 19.8 Å². The van der Waals surface area contributed by atoms with Crippen LogP contribution in [-0.2, 0) is 11.2 Å². The van der Waals surface area contributed by atoms with Gasteiger partial charge >= 0.3 is 0 Å². The van der Waals surface area contributed by atoms with Gasteiger partial charge in [0.2, 0.25) is 5.89 Å². The quantitative estimate of drug-likeness (QED) is 0.839. The van der Waals surface area contributed by atoms with Crippen LogP contribution in [0.2, 0.25) is 0 Å². The van der Waals surface area contributed by atoms with E-state index in [1.54, 1.807) is 0 Å². The first-order valence-corrected chi connectivity index (χ1v) is 6.98. The van der Waals surface area contributed by atoms with Gasteiger partial charge in [-0.05, 0) is 25.8 Å². The summed E-state index contributed by atoms with van der Waals surface area (Å²) in [7, 11) is 0. The molecule has 1 aromatic rings. The normalized spacial score (nSPS) is 24.3. The highest BCUT2D eigenvalue weighted by Crippen LogP contribution is 2.24. The van der Waals surface area contributed by atoms with Gasteiger partial charge in [-0.15, -0.1) is 0 Å². The SMILES string of the molecule is CCCNC1CCOCC1c1nc(CCC)no1. The van der Waals surface area contributed by atoms with E-state index in [-0.39, 0.29) is 5.92 Å². The Morgan fingerprint density at radius 2 is 2.22 bits per heavy atom. The molecule has 0 saturated carbocycles. The second-order valence-corrected chi connectivity index (χ2v) is 4.83. The van der Waals surface area contributed by atoms with E-state index < -0.39 is 0 Å². The van der Waals surface area contributed by atoms with Crippen LogP contribution in [0, 0.1) is 0 Å². The fraction of sp³-hybridized carbons (Fsp3) is 0.846. The number of rotatable bonds is 6. The van der Waals surface area contributed by atoms with Gasteiger partial charge in [0.25, 0.3) is 0 Å². The lowest BCUT2D eigenvalue weighted by Crippen LogP contribution is -2.41. The molecule has 5 heteroatoms. The Morgan fingerprint density at radius 1 is 1.33 bits per heavy atom. The minimum absolute atomic E-state index is 0.198. The van der Waals surface area contributed by atoms with Crippen molar-refractivity contribution in [3.05, 3.63) is 11.7 Å². The average molecular weight is 253 g/mol. The van der Waals surface area contributed by atoms with E-state index in [4.69, 9.17) is 9.26 Å². The molecule has 18 heavy (non-hydrogen) atoms. The van der Waals surface area contributed by atoms with Gasteiger partial charge in [0, 0.05) is 19.1 Å². The van der Waals surface area contributed by atoms with E-state index in [0.29, 0.717) is 12.6 Å². The Balaban J connectivity index is 2.02. The molecule has 0 aromatic carbocycles. The second-order valence-electron chi connectivity index (χ2n) is 4.83. The molecule has 102 valence electrons. The third-order valence-electron chi connectivity index (χ3n) is 3.29. The van der Waals surface area contributed by atoms with Crippen molar-refractivity contribution in [2.45, 2.75) is 51.5 Å². The summed E-state index contributed by atoms with van der Waals surface area (Å²) < 4.78 is 10.9. The summed E-state index contributed by atoms with van der Waals surface area (Å²) in [6.07, 6.45) is 4.06. The minimum Gasteiger partial charge on any atom is -0.381 e. The highest BCUT2D eigenvalue weighted by atomic mass is 16.5. The summed E-state index contributed by atoms with van der Waals surface area (Å²) in [6.45, 7) is 6.80. The van der Waals surface area contributed by atoms with E-state index in [1.807, 2.05) is 0 Å². The second kappa shape index (κ2) is 6.85. The van der Waals surface area contributed by atoms with Gasteiger partial charge in [-0.25, -0.2) is 0 Å². The molecule has 1 fully saturated rings. The van der Waals surface area contributed by atoms with Crippen LogP contribution in [0.4, 0.5) is 0 Å². The molecule has 1 saturated heterocycles. The van der Waals surface area contributed by atoms with Crippen LogP contribution >= 0.6 is 0 Å². The van der Waals surface area contributed by atoms with Crippen LogP contribution in [0.15, 0.2) is 4.52 Å². The van der Waals surface area contributed by atoms with E-state index in [0.717, 1.165) is 50.6 Å². The van der Waals surface area contributed by atoms with Gasteiger partial charge in [-0.2, -0.15) is 4.98 Å². The van der Waals surface area contributed by atoms with Crippen LogP contribution in [0.1, 0.15) is 50.7 Å². The molecule has 5 nitrogen and oxygen atoms in total. The van der Waals surface area contributed by atoms with Gasteiger partial charge in [0.1, 0.15) is 0 Å². The average Bonchev–Trinajstić information content (AvgIpc) is 2.86. The van der Waals surface area contributed by atoms with Crippen molar-refractivity contribution in [2.24, 2.45) is 0 Å². The minimum atomic E-state index is 0.198. The van der Waals surface area contributed by atoms with E-state index in [1.165, 1.54) is 0 Å². The summed E-state index contributed by atoms with van der Waals surface area (Å²) in [4.78, 5) is 4.48. The lowest BCUT2D eigenvalue weighted by Gasteiger charge is -2.29. The molecule has 1 aliphatic heterocycles. The number of nitrogens with zero attached hydrogens (tertiary/aromatic N) is 2. The maximum Gasteiger partial charge on any atom is 0.233 e. The van der Waals surface area contributed by atoms with Gasteiger partial charge in [0.15, 0.2) is 5.82 Å². The molecule has 2 atom stereocenters. The number of hydrogen-bond acceptors (Lipinski definition) is 5. The van der Waals surface area contributed by atoms with Gasteiger partial charge in [-0.1, -0.05) is 19.0 Å². The van der Waals surface area contributed by atoms with Crippen LogP contribution in [0.25, 0.3) is 0 Å². The number of nitrogens with one attached hydrogen (secondary N) is 1. The van der Waals surface area contributed by atoms with Crippen molar-refractivity contribution in [1.82, 2.24) is 15.5 Å². The van der Waals surface area contributed by atoms with E-state index in [2.05, 4.69) is 29.3 Å². The zero-order valence-electron chi connectivity index (χ0n) is 11.3. The van der Waals surface area contributed by atoms with Gasteiger partial charge < -0.3 is 14.6 Å². The number of aryl methyl sites for hydroxylation is 1. The summed E-state index contributed by atoms with van der Waals surface area (Å²) in [5.74, 6) is 1.74. The summed E-state index contributed by atoms with van der Waals surface area (Å²) in [6, 6.07) is 0.397. The van der Waals surface area contributed by atoms with Gasteiger partial charge in [0.05, 0.1) is 12.5 Å². The van der Waals surface area contributed by atoms with Crippen LogP contribution in [0.3, 0.4) is 0 Å².